The van der Waals surface area contributed by atoms with Crippen molar-refractivity contribution in [1.29, 1.82) is 0 Å². The second-order valence-corrected chi connectivity index (χ2v) is 7.86. The molecule has 128 valence electrons. The Labute approximate surface area is 154 Å². The van der Waals surface area contributed by atoms with Crippen LogP contribution in [0.5, 0.6) is 0 Å². The molecule has 4 rings (SSSR count). The monoisotopic (exact) mass is 370 g/mol. The van der Waals surface area contributed by atoms with Gasteiger partial charge in [-0.05, 0) is 35.0 Å². The molecular formula is C18H18N4OS2. The van der Waals surface area contributed by atoms with Crippen molar-refractivity contribution in [3.05, 3.63) is 52.0 Å². The van der Waals surface area contributed by atoms with E-state index in [1.807, 2.05) is 52.1 Å². The molecule has 0 aromatic carbocycles. The van der Waals surface area contributed by atoms with Crippen molar-refractivity contribution < 1.29 is 4.79 Å². The summed E-state index contributed by atoms with van der Waals surface area (Å²) in [5.74, 6) is 1.09. The Hall–Kier alpha value is -2.25. The standard InChI is InChI=1S/C18H18N4OS2/c23-18(13-14-3-1-11-24-14)22-9-7-21(8-10-22)17-6-5-15(19-20-17)16-4-2-12-25-16/h1-6,11-12H,7-10,13H2. The van der Waals surface area contributed by atoms with Crippen molar-refractivity contribution in [2.75, 3.05) is 31.1 Å². The smallest absolute Gasteiger partial charge is 0.227 e. The molecular weight excluding hydrogens is 352 g/mol. The van der Waals surface area contributed by atoms with E-state index in [9.17, 15) is 4.79 Å². The lowest BCUT2D eigenvalue weighted by Gasteiger charge is -2.35. The number of carbonyl (C=O) groups excluding carboxylic acids is 1. The van der Waals surface area contributed by atoms with Crippen molar-refractivity contribution in [2.45, 2.75) is 6.42 Å². The molecule has 3 aromatic rings. The zero-order valence-corrected chi connectivity index (χ0v) is 15.3. The second-order valence-electron chi connectivity index (χ2n) is 5.88. The second kappa shape index (κ2) is 7.33. The van der Waals surface area contributed by atoms with Crippen LogP contribution in [0.25, 0.3) is 10.6 Å². The molecule has 1 aliphatic rings. The lowest BCUT2D eigenvalue weighted by atomic mass is 10.2. The molecule has 0 atom stereocenters. The number of hydrogen-bond donors (Lipinski definition) is 0. The van der Waals surface area contributed by atoms with Gasteiger partial charge in [-0.15, -0.1) is 32.9 Å². The van der Waals surface area contributed by atoms with Crippen LogP contribution in [-0.4, -0.2) is 47.2 Å². The van der Waals surface area contributed by atoms with Gasteiger partial charge in [0.1, 0.15) is 5.69 Å². The molecule has 0 N–H and O–H groups in total. The van der Waals surface area contributed by atoms with Crippen LogP contribution in [0.15, 0.2) is 47.2 Å². The Balaban J connectivity index is 1.34. The molecule has 3 aromatic heterocycles. The largest absolute Gasteiger partial charge is 0.352 e. The first kappa shape index (κ1) is 16.2. The maximum atomic E-state index is 12.4. The first-order chi connectivity index (χ1) is 12.3. The number of amides is 1. The van der Waals surface area contributed by atoms with Crippen molar-refractivity contribution >= 4 is 34.4 Å². The maximum Gasteiger partial charge on any atom is 0.227 e. The Morgan fingerprint density at radius 1 is 0.960 bits per heavy atom. The highest BCUT2D eigenvalue weighted by Crippen LogP contribution is 2.23. The van der Waals surface area contributed by atoms with E-state index in [2.05, 4.69) is 15.1 Å². The first-order valence-electron chi connectivity index (χ1n) is 8.22. The van der Waals surface area contributed by atoms with Gasteiger partial charge in [-0.1, -0.05) is 12.1 Å². The quantitative estimate of drug-likeness (QED) is 0.708. The minimum atomic E-state index is 0.209. The van der Waals surface area contributed by atoms with Gasteiger partial charge in [0, 0.05) is 31.1 Å². The number of aromatic nitrogens is 2. The zero-order chi connectivity index (χ0) is 17.1. The van der Waals surface area contributed by atoms with E-state index in [0.29, 0.717) is 6.42 Å². The predicted octanol–water partition coefficient (Wildman–Crippen LogP) is 3.16. The van der Waals surface area contributed by atoms with Gasteiger partial charge in [0.25, 0.3) is 0 Å². The van der Waals surface area contributed by atoms with Gasteiger partial charge in [-0.25, -0.2) is 0 Å². The molecule has 7 heteroatoms. The van der Waals surface area contributed by atoms with Gasteiger partial charge in [0.05, 0.1) is 11.3 Å². The highest BCUT2D eigenvalue weighted by Gasteiger charge is 2.22. The number of rotatable bonds is 4. The summed E-state index contributed by atoms with van der Waals surface area (Å²) in [5.41, 5.74) is 0.906. The third-order valence-corrected chi connectivity index (χ3v) is 6.05. The Morgan fingerprint density at radius 2 is 1.76 bits per heavy atom. The number of thiophene rings is 2. The van der Waals surface area contributed by atoms with E-state index in [1.165, 1.54) is 0 Å². The summed E-state index contributed by atoms with van der Waals surface area (Å²) in [4.78, 5) is 18.8. The number of anilines is 1. The highest BCUT2D eigenvalue weighted by molar-refractivity contribution is 7.13. The summed E-state index contributed by atoms with van der Waals surface area (Å²) in [6.45, 7) is 3.06. The third-order valence-electron chi connectivity index (χ3n) is 4.29. The fourth-order valence-corrected chi connectivity index (χ4v) is 4.29. The summed E-state index contributed by atoms with van der Waals surface area (Å²) >= 11 is 3.30. The van der Waals surface area contributed by atoms with Crippen LogP contribution in [-0.2, 0) is 11.2 Å². The molecule has 0 saturated carbocycles. The molecule has 25 heavy (non-hydrogen) atoms. The molecule has 4 heterocycles. The molecule has 5 nitrogen and oxygen atoms in total. The third kappa shape index (κ3) is 3.72. The van der Waals surface area contributed by atoms with E-state index in [4.69, 9.17) is 0 Å². The maximum absolute atomic E-state index is 12.4. The molecule has 0 unspecified atom stereocenters. The fourth-order valence-electron chi connectivity index (χ4n) is 2.91. The molecule has 0 radical (unpaired) electrons. The lowest BCUT2D eigenvalue weighted by molar-refractivity contribution is -0.130. The van der Waals surface area contributed by atoms with Gasteiger partial charge in [0.2, 0.25) is 5.91 Å². The van der Waals surface area contributed by atoms with Gasteiger partial charge in [-0.2, -0.15) is 0 Å². The number of carbonyl (C=O) groups is 1. The van der Waals surface area contributed by atoms with Gasteiger partial charge < -0.3 is 9.80 Å². The average molecular weight is 371 g/mol. The summed E-state index contributed by atoms with van der Waals surface area (Å²) in [6.07, 6.45) is 0.507. The SMILES string of the molecule is O=C(Cc1cccs1)N1CCN(c2ccc(-c3cccs3)nn2)CC1. The molecule has 0 spiro atoms. The molecule has 1 fully saturated rings. The van der Waals surface area contributed by atoms with Gasteiger partial charge in [-0.3, -0.25) is 4.79 Å². The predicted molar refractivity (Wildman–Crippen MR) is 102 cm³/mol. The van der Waals surface area contributed by atoms with Crippen molar-refractivity contribution in [2.24, 2.45) is 0 Å². The van der Waals surface area contributed by atoms with Crippen LogP contribution >= 0.6 is 22.7 Å². The van der Waals surface area contributed by atoms with Crippen LogP contribution in [0.4, 0.5) is 5.82 Å². The zero-order valence-electron chi connectivity index (χ0n) is 13.7. The summed E-state index contributed by atoms with van der Waals surface area (Å²) in [5, 5.41) is 12.8. The van der Waals surface area contributed by atoms with Crippen LogP contribution < -0.4 is 4.90 Å². The number of hydrogen-bond acceptors (Lipinski definition) is 6. The van der Waals surface area contributed by atoms with Crippen LogP contribution in [0.3, 0.4) is 0 Å². The van der Waals surface area contributed by atoms with Crippen LogP contribution in [0.2, 0.25) is 0 Å². The molecule has 1 saturated heterocycles. The van der Waals surface area contributed by atoms with E-state index in [0.717, 1.165) is 47.4 Å². The van der Waals surface area contributed by atoms with Crippen molar-refractivity contribution in [3.63, 3.8) is 0 Å². The van der Waals surface area contributed by atoms with E-state index in [1.54, 1.807) is 22.7 Å². The lowest BCUT2D eigenvalue weighted by Crippen LogP contribution is -2.49. The normalized spacial score (nSPS) is 14.7. The molecule has 0 aliphatic carbocycles. The van der Waals surface area contributed by atoms with Crippen molar-refractivity contribution in [1.82, 2.24) is 15.1 Å². The molecule has 1 amide bonds. The first-order valence-corrected chi connectivity index (χ1v) is 9.98. The van der Waals surface area contributed by atoms with Crippen LogP contribution in [0.1, 0.15) is 4.88 Å². The van der Waals surface area contributed by atoms with Crippen LogP contribution in [0, 0.1) is 0 Å². The minimum Gasteiger partial charge on any atom is -0.352 e. The summed E-state index contributed by atoms with van der Waals surface area (Å²) in [6, 6.07) is 12.1. The van der Waals surface area contributed by atoms with E-state index < -0.39 is 0 Å². The summed E-state index contributed by atoms with van der Waals surface area (Å²) < 4.78 is 0. The molecule has 1 aliphatic heterocycles. The van der Waals surface area contributed by atoms with Crippen molar-refractivity contribution in [3.8, 4) is 10.6 Å². The topological polar surface area (TPSA) is 49.3 Å². The molecule has 0 bridgehead atoms. The Morgan fingerprint density at radius 3 is 2.40 bits per heavy atom. The van der Waals surface area contributed by atoms with E-state index >= 15 is 0 Å². The number of piperazine rings is 1. The average Bonchev–Trinajstić information content (AvgIpc) is 3.36. The summed E-state index contributed by atoms with van der Waals surface area (Å²) in [7, 11) is 0. The van der Waals surface area contributed by atoms with Gasteiger partial charge >= 0.3 is 0 Å². The highest BCUT2D eigenvalue weighted by atomic mass is 32.1. The Bertz CT molecular complexity index is 807. The number of nitrogens with zero attached hydrogens (tertiary/aromatic N) is 4. The Kier molecular flexibility index (Phi) is 4.76. The minimum absolute atomic E-state index is 0.209. The van der Waals surface area contributed by atoms with Gasteiger partial charge in [0.15, 0.2) is 5.82 Å². The fraction of sp³-hybridized carbons (Fsp3) is 0.278. The van der Waals surface area contributed by atoms with E-state index in [-0.39, 0.29) is 5.91 Å².